The molecule has 1 amide bonds. The van der Waals surface area contributed by atoms with Gasteiger partial charge >= 0.3 is 0 Å². The molecule has 5 aromatic rings. The SMILES string of the molecule is CCOc1ccc(CCNC(=O)c2c(N)n(-c3ccc(C)cc3)c3nc4ccccc4nc23)cc1OCC. The van der Waals surface area contributed by atoms with Gasteiger partial charge in [-0.05, 0) is 69.2 Å². The molecule has 0 bridgehead atoms. The first-order valence-corrected chi connectivity index (χ1v) is 12.8. The van der Waals surface area contributed by atoms with Crippen molar-refractivity contribution >= 4 is 33.9 Å². The van der Waals surface area contributed by atoms with Gasteiger partial charge in [0.15, 0.2) is 17.1 Å². The first kappa shape index (κ1) is 25.1. The maximum Gasteiger partial charge on any atom is 0.257 e. The number of anilines is 1. The second kappa shape index (κ2) is 10.8. The van der Waals surface area contributed by atoms with Gasteiger partial charge in [0.05, 0.1) is 24.2 Å². The second-order valence-corrected chi connectivity index (χ2v) is 8.97. The van der Waals surface area contributed by atoms with Gasteiger partial charge in [-0.2, -0.15) is 0 Å². The summed E-state index contributed by atoms with van der Waals surface area (Å²) in [6, 6.07) is 21.4. The first-order valence-electron chi connectivity index (χ1n) is 12.8. The third kappa shape index (κ3) is 4.85. The van der Waals surface area contributed by atoms with Crippen molar-refractivity contribution in [2.24, 2.45) is 0 Å². The Morgan fingerprint density at radius 3 is 2.32 bits per heavy atom. The molecular formula is C30H31N5O3. The lowest BCUT2D eigenvalue weighted by Crippen LogP contribution is -2.26. The Labute approximate surface area is 221 Å². The number of hydrogen-bond acceptors (Lipinski definition) is 6. The number of rotatable bonds is 9. The van der Waals surface area contributed by atoms with Gasteiger partial charge in [0.25, 0.3) is 5.91 Å². The molecule has 3 aromatic carbocycles. The molecule has 194 valence electrons. The summed E-state index contributed by atoms with van der Waals surface area (Å²) >= 11 is 0. The highest BCUT2D eigenvalue weighted by atomic mass is 16.5. The molecule has 0 atom stereocenters. The van der Waals surface area contributed by atoms with E-state index in [1.807, 2.05) is 87.5 Å². The van der Waals surface area contributed by atoms with Gasteiger partial charge in [-0.15, -0.1) is 0 Å². The van der Waals surface area contributed by atoms with Crippen molar-refractivity contribution in [3.8, 4) is 17.2 Å². The smallest absolute Gasteiger partial charge is 0.257 e. The number of aromatic nitrogens is 3. The fourth-order valence-corrected chi connectivity index (χ4v) is 4.50. The molecule has 0 unspecified atom stereocenters. The van der Waals surface area contributed by atoms with E-state index >= 15 is 0 Å². The van der Waals surface area contributed by atoms with E-state index in [2.05, 4.69) is 5.32 Å². The summed E-state index contributed by atoms with van der Waals surface area (Å²) in [4.78, 5) is 23.1. The number of carbonyl (C=O) groups is 1. The van der Waals surface area contributed by atoms with Crippen LogP contribution in [0.4, 0.5) is 5.82 Å². The minimum absolute atomic E-state index is 0.293. The topological polar surface area (TPSA) is 104 Å². The fourth-order valence-electron chi connectivity index (χ4n) is 4.50. The number of fused-ring (bicyclic) bond motifs is 2. The average molecular weight is 510 g/mol. The number of nitrogens with two attached hydrogens (primary N) is 1. The van der Waals surface area contributed by atoms with E-state index in [0.717, 1.165) is 22.3 Å². The summed E-state index contributed by atoms with van der Waals surface area (Å²) in [6.45, 7) is 7.41. The Morgan fingerprint density at radius 1 is 0.921 bits per heavy atom. The molecule has 0 aliphatic carbocycles. The van der Waals surface area contributed by atoms with E-state index < -0.39 is 0 Å². The quantitative estimate of drug-likeness (QED) is 0.282. The van der Waals surface area contributed by atoms with Crippen LogP contribution in [0.5, 0.6) is 11.5 Å². The number of ether oxygens (including phenoxy) is 2. The minimum Gasteiger partial charge on any atom is -0.490 e. The predicted molar refractivity (Wildman–Crippen MR) is 150 cm³/mol. The Balaban J connectivity index is 1.46. The van der Waals surface area contributed by atoms with Crippen LogP contribution in [0.3, 0.4) is 0 Å². The lowest BCUT2D eigenvalue weighted by atomic mass is 10.1. The summed E-state index contributed by atoms with van der Waals surface area (Å²) < 4.78 is 13.2. The van der Waals surface area contributed by atoms with Crippen molar-refractivity contribution < 1.29 is 14.3 Å². The lowest BCUT2D eigenvalue weighted by Gasteiger charge is -2.12. The van der Waals surface area contributed by atoms with Crippen LogP contribution in [0.15, 0.2) is 66.7 Å². The van der Waals surface area contributed by atoms with Gasteiger partial charge in [0, 0.05) is 12.2 Å². The highest BCUT2D eigenvalue weighted by Gasteiger charge is 2.24. The van der Waals surface area contributed by atoms with E-state index in [4.69, 9.17) is 25.2 Å². The Hall–Kier alpha value is -4.59. The van der Waals surface area contributed by atoms with E-state index in [9.17, 15) is 4.79 Å². The molecule has 0 radical (unpaired) electrons. The molecule has 0 saturated heterocycles. The van der Waals surface area contributed by atoms with E-state index in [0.29, 0.717) is 65.7 Å². The Bertz CT molecular complexity index is 1610. The lowest BCUT2D eigenvalue weighted by molar-refractivity contribution is 0.0956. The number of benzene rings is 3. The van der Waals surface area contributed by atoms with Crippen LogP contribution in [0.1, 0.15) is 35.3 Å². The number of para-hydroxylation sites is 2. The summed E-state index contributed by atoms with van der Waals surface area (Å²) in [7, 11) is 0. The summed E-state index contributed by atoms with van der Waals surface area (Å²) in [5, 5.41) is 3.02. The van der Waals surface area contributed by atoms with Crippen LogP contribution >= 0.6 is 0 Å². The third-order valence-electron chi connectivity index (χ3n) is 6.32. The second-order valence-electron chi connectivity index (χ2n) is 8.97. The van der Waals surface area contributed by atoms with Crippen LogP contribution in [-0.2, 0) is 6.42 Å². The maximum atomic E-state index is 13.5. The standard InChI is InChI=1S/C30H31N5O3/c1-4-37-24-15-12-20(18-25(24)38-5-2)16-17-32-30(36)26-27-29(34-23-9-7-6-8-22(23)33-27)35(28(26)31)21-13-10-19(3)11-14-21/h6-15,18H,4-5,16-17,31H2,1-3H3,(H,32,36). The van der Waals surface area contributed by atoms with Gasteiger partial charge in [-0.3, -0.25) is 9.36 Å². The molecule has 0 aliphatic rings. The van der Waals surface area contributed by atoms with Crippen LogP contribution in [0.2, 0.25) is 0 Å². The molecule has 38 heavy (non-hydrogen) atoms. The van der Waals surface area contributed by atoms with Crippen molar-refractivity contribution in [1.29, 1.82) is 0 Å². The van der Waals surface area contributed by atoms with Crippen LogP contribution in [-0.4, -0.2) is 40.2 Å². The highest BCUT2D eigenvalue weighted by Crippen LogP contribution is 2.31. The van der Waals surface area contributed by atoms with E-state index in [-0.39, 0.29) is 5.91 Å². The summed E-state index contributed by atoms with van der Waals surface area (Å²) in [6.07, 6.45) is 0.614. The van der Waals surface area contributed by atoms with Gasteiger partial charge < -0.3 is 20.5 Å². The van der Waals surface area contributed by atoms with Crippen molar-refractivity contribution in [2.45, 2.75) is 27.2 Å². The molecular weight excluding hydrogens is 478 g/mol. The zero-order valence-corrected chi connectivity index (χ0v) is 21.8. The number of aryl methyl sites for hydroxylation is 1. The molecule has 2 aromatic heterocycles. The van der Waals surface area contributed by atoms with Crippen molar-refractivity contribution in [3.05, 3.63) is 83.4 Å². The van der Waals surface area contributed by atoms with E-state index in [1.165, 1.54) is 0 Å². The van der Waals surface area contributed by atoms with Gasteiger partial charge in [-0.25, -0.2) is 9.97 Å². The van der Waals surface area contributed by atoms with Gasteiger partial charge in [-0.1, -0.05) is 35.9 Å². The summed E-state index contributed by atoms with van der Waals surface area (Å²) in [5.74, 6) is 1.42. The average Bonchev–Trinajstić information content (AvgIpc) is 3.20. The normalized spacial score (nSPS) is 11.1. The highest BCUT2D eigenvalue weighted by molar-refractivity contribution is 6.11. The molecule has 8 nitrogen and oxygen atoms in total. The molecule has 8 heteroatoms. The van der Waals surface area contributed by atoms with Gasteiger partial charge in [0.2, 0.25) is 0 Å². The van der Waals surface area contributed by atoms with Crippen molar-refractivity contribution in [1.82, 2.24) is 19.9 Å². The molecule has 0 saturated carbocycles. The van der Waals surface area contributed by atoms with Crippen molar-refractivity contribution in [2.75, 3.05) is 25.5 Å². The summed E-state index contributed by atoms with van der Waals surface area (Å²) in [5.41, 5.74) is 12.4. The van der Waals surface area contributed by atoms with Crippen molar-refractivity contribution in [3.63, 3.8) is 0 Å². The molecule has 2 heterocycles. The zero-order chi connectivity index (χ0) is 26.6. The Kier molecular flexibility index (Phi) is 7.13. The first-order chi connectivity index (χ1) is 18.5. The Morgan fingerprint density at radius 2 is 1.61 bits per heavy atom. The molecule has 0 aliphatic heterocycles. The fraction of sp³-hybridized carbons (Fsp3) is 0.233. The number of nitrogens with zero attached hydrogens (tertiary/aromatic N) is 3. The number of amides is 1. The van der Waals surface area contributed by atoms with E-state index in [1.54, 1.807) is 4.57 Å². The minimum atomic E-state index is -0.293. The third-order valence-corrected chi connectivity index (χ3v) is 6.32. The van der Waals surface area contributed by atoms with Gasteiger partial charge in [0.1, 0.15) is 16.9 Å². The number of nitrogens with one attached hydrogen (secondary N) is 1. The number of carbonyl (C=O) groups excluding carboxylic acids is 1. The van der Waals surface area contributed by atoms with Crippen LogP contribution in [0.25, 0.3) is 27.9 Å². The predicted octanol–water partition coefficient (Wildman–Crippen LogP) is 5.23. The largest absolute Gasteiger partial charge is 0.490 e. The number of nitrogen functional groups attached to an aromatic ring is 1. The zero-order valence-electron chi connectivity index (χ0n) is 21.8. The van der Waals surface area contributed by atoms with Crippen LogP contribution in [0, 0.1) is 6.92 Å². The molecule has 0 fully saturated rings. The molecule has 5 rings (SSSR count). The number of hydrogen-bond donors (Lipinski definition) is 2. The molecule has 0 spiro atoms. The monoisotopic (exact) mass is 509 g/mol. The van der Waals surface area contributed by atoms with Crippen LogP contribution < -0.4 is 20.5 Å². The molecule has 3 N–H and O–H groups in total. The maximum absolute atomic E-state index is 13.5.